The summed E-state index contributed by atoms with van der Waals surface area (Å²) in [6.07, 6.45) is 3.64. The van der Waals surface area contributed by atoms with Crippen molar-refractivity contribution < 1.29 is 9.18 Å². The van der Waals surface area contributed by atoms with Crippen molar-refractivity contribution >= 4 is 22.5 Å². The quantitative estimate of drug-likeness (QED) is 0.539. The zero-order chi connectivity index (χ0) is 20.4. The van der Waals surface area contributed by atoms with E-state index in [1.54, 1.807) is 18.3 Å². The number of H-pyrrole nitrogens is 1. The monoisotopic (exact) mass is 389 g/mol. The zero-order valence-electron chi connectivity index (χ0n) is 16.1. The molecule has 0 aliphatic rings. The Morgan fingerprint density at radius 2 is 1.97 bits per heavy atom. The molecule has 0 spiro atoms. The first kappa shape index (κ1) is 18.8. The van der Waals surface area contributed by atoms with Gasteiger partial charge in [0.05, 0.1) is 5.52 Å². The van der Waals surface area contributed by atoms with Gasteiger partial charge in [-0.05, 0) is 61.6 Å². The fraction of sp³-hybridized carbons (Fsp3) is 0.136. The van der Waals surface area contributed by atoms with E-state index in [9.17, 15) is 9.18 Å². The van der Waals surface area contributed by atoms with Crippen molar-refractivity contribution in [2.75, 3.05) is 19.4 Å². The molecule has 0 fully saturated rings. The van der Waals surface area contributed by atoms with Crippen LogP contribution in [0.2, 0.25) is 0 Å². The van der Waals surface area contributed by atoms with Crippen LogP contribution in [0.1, 0.15) is 16.1 Å². The average Bonchev–Trinajstić information content (AvgIpc) is 3.11. The Balaban J connectivity index is 1.67. The molecule has 1 amide bonds. The number of hydrogen-bond acceptors (Lipinski definition) is 4. The van der Waals surface area contributed by atoms with Crippen molar-refractivity contribution in [3.05, 3.63) is 78.0 Å². The number of nitrogens with one attached hydrogen (secondary N) is 2. The van der Waals surface area contributed by atoms with Crippen LogP contribution in [0.25, 0.3) is 22.0 Å². The maximum Gasteiger partial charge on any atom is 0.276 e. The van der Waals surface area contributed by atoms with Gasteiger partial charge in [0.25, 0.3) is 5.91 Å². The number of rotatable bonds is 5. The van der Waals surface area contributed by atoms with Gasteiger partial charge in [0.1, 0.15) is 5.82 Å². The zero-order valence-corrected chi connectivity index (χ0v) is 16.1. The maximum atomic E-state index is 13.4. The Labute approximate surface area is 167 Å². The average molecular weight is 389 g/mol. The SMILES string of the molecule is CN(C)Cc1cncc(-c2ccc3[nH]nc(C(=O)Nc4cccc(F)c4)c3c2)c1. The number of aromatic nitrogens is 3. The van der Waals surface area contributed by atoms with Gasteiger partial charge < -0.3 is 10.2 Å². The highest BCUT2D eigenvalue weighted by molar-refractivity contribution is 6.11. The number of carbonyl (C=O) groups is 1. The van der Waals surface area contributed by atoms with Crippen LogP contribution in [-0.4, -0.2) is 40.1 Å². The van der Waals surface area contributed by atoms with Crippen LogP contribution >= 0.6 is 0 Å². The topological polar surface area (TPSA) is 73.9 Å². The van der Waals surface area contributed by atoms with Crippen LogP contribution in [0.5, 0.6) is 0 Å². The molecule has 0 atom stereocenters. The van der Waals surface area contributed by atoms with Crippen LogP contribution < -0.4 is 5.32 Å². The van der Waals surface area contributed by atoms with E-state index in [4.69, 9.17) is 0 Å². The molecule has 0 aliphatic carbocycles. The van der Waals surface area contributed by atoms with Crippen molar-refractivity contribution in [1.29, 1.82) is 0 Å². The van der Waals surface area contributed by atoms with E-state index in [0.29, 0.717) is 11.1 Å². The summed E-state index contributed by atoms with van der Waals surface area (Å²) in [6.45, 7) is 0.788. The molecule has 4 rings (SSSR count). The number of amides is 1. The molecule has 0 bridgehead atoms. The minimum absolute atomic E-state index is 0.253. The summed E-state index contributed by atoms with van der Waals surface area (Å²) in [7, 11) is 4.02. The van der Waals surface area contributed by atoms with Gasteiger partial charge in [-0.15, -0.1) is 0 Å². The molecular weight excluding hydrogens is 369 g/mol. The van der Waals surface area contributed by atoms with E-state index in [2.05, 4.69) is 31.5 Å². The van der Waals surface area contributed by atoms with E-state index >= 15 is 0 Å². The van der Waals surface area contributed by atoms with Gasteiger partial charge in [-0.3, -0.25) is 14.9 Å². The number of nitrogens with zero attached hydrogens (tertiary/aromatic N) is 3. The van der Waals surface area contributed by atoms with Gasteiger partial charge in [-0.1, -0.05) is 12.1 Å². The van der Waals surface area contributed by atoms with Gasteiger partial charge in [0.2, 0.25) is 0 Å². The van der Waals surface area contributed by atoms with Crippen molar-refractivity contribution in [1.82, 2.24) is 20.1 Å². The number of fused-ring (bicyclic) bond motifs is 1. The normalized spacial score (nSPS) is 11.2. The molecule has 0 saturated heterocycles. The third-order valence-corrected chi connectivity index (χ3v) is 4.49. The molecule has 29 heavy (non-hydrogen) atoms. The number of pyridine rings is 1. The van der Waals surface area contributed by atoms with E-state index in [-0.39, 0.29) is 5.69 Å². The fourth-order valence-corrected chi connectivity index (χ4v) is 3.22. The summed E-state index contributed by atoms with van der Waals surface area (Å²) >= 11 is 0. The largest absolute Gasteiger partial charge is 0.320 e. The Hall–Kier alpha value is -3.58. The molecule has 2 aromatic heterocycles. The van der Waals surface area contributed by atoms with Gasteiger partial charge in [0.15, 0.2) is 5.69 Å². The molecule has 0 saturated carbocycles. The van der Waals surface area contributed by atoms with Crippen LogP contribution in [0.15, 0.2) is 60.9 Å². The van der Waals surface area contributed by atoms with Crippen molar-refractivity contribution in [3.63, 3.8) is 0 Å². The van der Waals surface area contributed by atoms with Crippen LogP contribution in [0.4, 0.5) is 10.1 Å². The number of halogens is 1. The Bertz CT molecular complexity index is 1180. The smallest absolute Gasteiger partial charge is 0.276 e. The molecule has 4 aromatic rings. The highest BCUT2D eigenvalue weighted by atomic mass is 19.1. The highest BCUT2D eigenvalue weighted by Gasteiger charge is 2.15. The number of benzene rings is 2. The second-order valence-corrected chi connectivity index (χ2v) is 7.12. The standard InChI is InChI=1S/C22H20FN5O/c1-28(2)13-14-8-16(12-24-11-14)15-6-7-20-19(9-15)21(27-26-20)22(29)25-18-5-3-4-17(23)10-18/h3-12H,13H2,1-2H3,(H,25,29)(H,26,27). The summed E-state index contributed by atoms with van der Waals surface area (Å²) in [5.74, 6) is -0.819. The maximum absolute atomic E-state index is 13.4. The molecule has 7 heteroatoms. The van der Waals surface area contributed by atoms with Gasteiger partial charge >= 0.3 is 0 Å². The Kier molecular flexibility index (Phi) is 5.05. The minimum Gasteiger partial charge on any atom is -0.320 e. The predicted octanol–water partition coefficient (Wildman–Crippen LogP) is 4.08. The lowest BCUT2D eigenvalue weighted by Crippen LogP contribution is -2.12. The Morgan fingerprint density at radius 1 is 1.10 bits per heavy atom. The lowest BCUT2D eigenvalue weighted by molar-refractivity contribution is 0.102. The van der Waals surface area contributed by atoms with Gasteiger partial charge in [-0.25, -0.2) is 4.39 Å². The summed E-state index contributed by atoms with van der Waals surface area (Å²) in [5.41, 5.74) is 4.38. The van der Waals surface area contributed by atoms with Crippen molar-refractivity contribution in [2.45, 2.75) is 6.54 Å². The molecular formula is C22H20FN5O. The number of anilines is 1. The number of carbonyl (C=O) groups excluding carboxylic acids is 1. The highest BCUT2D eigenvalue weighted by Crippen LogP contribution is 2.26. The fourth-order valence-electron chi connectivity index (χ4n) is 3.22. The second-order valence-electron chi connectivity index (χ2n) is 7.12. The lowest BCUT2D eigenvalue weighted by Gasteiger charge is -2.10. The minimum atomic E-state index is -0.415. The summed E-state index contributed by atoms with van der Waals surface area (Å²) in [6, 6.07) is 13.6. The Morgan fingerprint density at radius 3 is 2.76 bits per heavy atom. The van der Waals surface area contributed by atoms with Crippen LogP contribution in [0.3, 0.4) is 0 Å². The van der Waals surface area contributed by atoms with Crippen molar-refractivity contribution in [3.8, 4) is 11.1 Å². The van der Waals surface area contributed by atoms with Gasteiger partial charge in [-0.2, -0.15) is 5.10 Å². The molecule has 6 nitrogen and oxygen atoms in total. The van der Waals surface area contributed by atoms with Crippen LogP contribution in [0, 0.1) is 5.82 Å². The first-order valence-electron chi connectivity index (χ1n) is 9.14. The molecule has 2 heterocycles. The molecule has 2 N–H and O–H groups in total. The number of aromatic amines is 1. The van der Waals surface area contributed by atoms with E-state index < -0.39 is 11.7 Å². The number of hydrogen-bond donors (Lipinski definition) is 2. The molecule has 0 unspecified atom stereocenters. The predicted molar refractivity (Wildman–Crippen MR) is 111 cm³/mol. The summed E-state index contributed by atoms with van der Waals surface area (Å²) in [4.78, 5) is 19.1. The van der Waals surface area contributed by atoms with E-state index in [1.807, 2.05) is 38.5 Å². The molecule has 2 aromatic carbocycles. The first-order valence-corrected chi connectivity index (χ1v) is 9.14. The third-order valence-electron chi connectivity index (χ3n) is 4.49. The molecule has 0 radical (unpaired) electrons. The van der Waals surface area contributed by atoms with Crippen molar-refractivity contribution in [2.24, 2.45) is 0 Å². The third kappa shape index (κ3) is 4.14. The second kappa shape index (κ2) is 7.81. The molecule has 146 valence electrons. The van der Waals surface area contributed by atoms with Crippen LogP contribution in [-0.2, 0) is 6.54 Å². The summed E-state index contributed by atoms with van der Waals surface area (Å²) < 4.78 is 13.4. The summed E-state index contributed by atoms with van der Waals surface area (Å²) in [5, 5.41) is 10.4. The van der Waals surface area contributed by atoms with E-state index in [1.165, 1.54) is 12.1 Å². The lowest BCUT2D eigenvalue weighted by atomic mass is 10.0. The van der Waals surface area contributed by atoms with E-state index in [0.717, 1.165) is 28.8 Å². The first-order chi connectivity index (χ1) is 14.0. The van der Waals surface area contributed by atoms with Gasteiger partial charge in [0, 0.05) is 35.6 Å². The molecule has 0 aliphatic heterocycles.